The van der Waals surface area contributed by atoms with Gasteiger partial charge in [-0.05, 0) is 44.2 Å². The maximum absolute atomic E-state index is 12.5. The fraction of sp³-hybridized carbons (Fsp3) is 0.429. The number of imide groups is 1. The van der Waals surface area contributed by atoms with Gasteiger partial charge in [0.25, 0.3) is 11.8 Å². The number of carbonyl (C=O) groups is 2. The largest absolute Gasteiger partial charge is 0.396 e. The predicted octanol–water partition coefficient (Wildman–Crippen LogP) is 1.89. The zero-order chi connectivity index (χ0) is 20.4. The molecule has 0 saturated carbocycles. The van der Waals surface area contributed by atoms with Crippen LogP contribution in [0.2, 0.25) is 0 Å². The molecule has 29 heavy (non-hydrogen) atoms. The van der Waals surface area contributed by atoms with Crippen molar-refractivity contribution in [3.8, 4) is 0 Å². The standard InChI is InChI=1S/C21H23N3O4S/c25-12-5-10-23-17-9-4-3-8-16(17)18(22-21(23)28)29-13-11-24-19(26)14-6-1-2-7-15(14)20(24)27/h1-2,6-7,25H,3-5,8-13H2. The fourth-order valence-corrected chi connectivity index (χ4v) is 5.01. The van der Waals surface area contributed by atoms with Gasteiger partial charge in [-0.25, -0.2) is 4.79 Å². The van der Waals surface area contributed by atoms with E-state index in [9.17, 15) is 14.4 Å². The predicted molar refractivity (Wildman–Crippen MR) is 109 cm³/mol. The Kier molecular flexibility index (Phi) is 5.82. The van der Waals surface area contributed by atoms with Crippen LogP contribution in [0.3, 0.4) is 0 Å². The normalized spacial score (nSPS) is 15.6. The zero-order valence-corrected chi connectivity index (χ0v) is 16.9. The summed E-state index contributed by atoms with van der Waals surface area (Å²) in [5, 5.41) is 9.82. The lowest BCUT2D eigenvalue weighted by atomic mass is 9.97. The van der Waals surface area contributed by atoms with Crippen molar-refractivity contribution in [2.24, 2.45) is 0 Å². The van der Waals surface area contributed by atoms with Gasteiger partial charge in [0.1, 0.15) is 5.03 Å². The van der Waals surface area contributed by atoms with E-state index in [-0.39, 0.29) is 30.7 Å². The van der Waals surface area contributed by atoms with Crippen LogP contribution in [-0.4, -0.2) is 50.3 Å². The smallest absolute Gasteiger partial charge is 0.348 e. The van der Waals surface area contributed by atoms with Gasteiger partial charge >= 0.3 is 5.69 Å². The molecule has 1 aliphatic heterocycles. The van der Waals surface area contributed by atoms with Crippen molar-refractivity contribution in [1.82, 2.24) is 14.5 Å². The van der Waals surface area contributed by atoms with Crippen molar-refractivity contribution in [1.29, 1.82) is 0 Å². The molecule has 0 unspecified atom stereocenters. The van der Waals surface area contributed by atoms with Crippen molar-refractivity contribution < 1.29 is 14.7 Å². The first kappa shape index (κ1) is 19.8. The summed E-state index contributed by atoms with van der Waals surface area (Å²) in [7, 11) is 0. The molecule has 0 bridgehead atoms. The molecule has 1 N–H and O–H groups in total. The summed E-state index contributed by atoms with van der Waals surface area (Å²) in [5.74, 6) is -0.0356. The Labute approximate surface area is 172 Å². The van der Waals surface area contributed by atoms with Crippen LogP contribution in [0, 0.1) is 0 Å². The average molecular weight is 413 g/mol. The third kappa shape index (κ3) is 3.74. The van der Waals surface area contributed by atoms with E-state index in [4.69, 9.17) is 5.11 Å². The van der Waals surface area contributed by atoms with Gasteiger partial charge in [-0.1, -0.05) is 12.1 Å². The monoisotopic (exact) mass is 413 g/mol. The maximum Gasteiger partial charge on any atom is 0.348 e. The quantitative estimate of drug-likeness (QED) is 0.423. The number of fused-ring (bicyclic) bond motifs is 2. The first-order valence-electron chi connectivity index (χ1n) is 9.93. The highest BCUT2D eigenvalue weighted by molar-refractivity contribution is 7.99. The van der Waals surface area contributed by atoms with Crippen LogP contribution in [0.15, 0.2) is 34.1 Å². The molecule has 4 rings (SSSR count). The number of benzene rings is 1. The van der Waals surface area contributed by atoms with E-state index in [1.165, 1.54) is 16.7 Å². The van der Waals surface area contributed by atoms with Gasteiger partial charge in [0.05, 0.1) is 11.1 Å². The van der Waals surface area contributed by atoms with Crippen LogP contribution < -0.4 is 5.69 Å². The van der Waals surface area contributed by atoms with Crippen LogP contribution in [0.4, 0.5) is 0 Å². The van der Waals surface area contributed by atoms with Crippen LogP contribution in [0.5, 0.6) is 0 Å². The lowest BCUT2D eigenvalue weighted by molar-refractivity contribution is 0.0664. The molecule has 7 nitrogen and oxygen atoms in total. The zero-order valence-electron chi connectivity index (χ0n) is 16.1. The van der Waals surface area contributed by atoms with Crippen molar-refractivity contribution in [3.05, 3.63) is 57.1 Å². The number of thioether (sulfide) groups is 1. The minimum absolute atomic E-state index is 0.0397. The third-order valence-corrected chi connectivity index (χ3v) is 6.42. The lowest BCUT2D eigenvalue weighted by Crippen LogP contribution is -2.32. The molecule has 2 aliphatic rings. The molecule has 8 heteroatoms. The van der Waals surface area contributed by atoms with E-state index >= 15 is 0 Å². The van der Waals surface area contributed by atoms with E-state index in [0.717, 1.165) is 36.9 Å². The van der Waals surface area contributed by atoms with Crippen LogP contribution >= 0.6 is 11.8 Å². The molecule has 2 amide bonds. The number of nitrogens with zero attached hydrogens (tertiary/aromatic N) is 3. The Hall–Kier alpha value is -2.45. The van der Waals surface area contributed by atoms with Gasteiger partial charge < -0.3 is 5.11 Å². The minimum Gasteiger partial charge on any atom is -0.396 e. The van der Waals surface area contributed by atoms with E-state index < -0.39 is 0 Å². The number of rotatable bonds is 7. The number of hydrogen-bond acceptors (Lipinski definition) is 6. The van der Waals surface area contributed by atoms with Gasteiger partial charge in [0.15, 0.2) is 0 Å². The first-order valence-corrected chi connectivity index (χ1v) is 10.9. The lowest BCUT2D eigenvalue weighted by Gasteiger charge is -2.23. The molecule has 0 atom stereocenters. The van der Waals surface area contributed by atoms with E-state index in [1.54, 1.807) is 28.8 Å². The molecule has 0 saturated heterocycles. The molecular formula is C21H23N3O4S. The van der Waals surface area contributed by atoms with Gasteiger partial charge in [0.2, 0.25) is 0 Å². The number of carbonyl (C=O) groups excluding carboxylic acids is 2. The number of amides is 2. The minimum atomic E-state index is -0.290. The average Bonchev–Trinajstić information content (AvgIpc) is 2.98. The van der Waals surface area contributed by atoms with Crippen molar-refractivity contribution >= 4 is 23.6 Å². The van der Waals surface area contributed by atoms with Gasteiger partial charge in [-0.3, -0.25) is 19.1 Å². The molecule has 152 valence electrons. The molecular weight excluding hydrogens is 390 g/mol. The van der Waals surface area contributed by atoms with Crippen molar-refractivity contribution in [2.75, 3.05) is 18.9 Å². The Morgan fingerprint density at radius 1 is 1.00 bits per heavy atom. The second kappa shape index (κ2) is 8.51. The van der Waals surface area contributed by atoms with Gasteiger partial charge in [0, 0.05) is 36.7 Å². The van der Waals surface area contributed by atoms with Crippen molar-refractivity contribution in [3.63, 3.8) is 0 Å². The Bertz CT molecular complexity index is 982. The summed E-state index contributed by atoms with van der Waals surface area (Å²) >= 11 is 1.43. The van der Waals surface area contributed by atoms with Gasteiger partial charge in [-0.15, -0.1) is 11.8 Å². The third-order valence-electron chi connectivity index (χ3n) is 5.42. The highest BCUT2D eigenvalue weighted by Gasteiger charge is 2.34. The number of aliphatic hydroxyl groups excluding tert-OH is 1. The van der Waals surface area contributed by atoms with E-state index in [1.807, 2.05) is 0 Å². The molecule has 1 aromatic carbocycles. The Morgan fingerprint density at radius 3 is 2.38 bits per heavy atom. The molecule has 0 fully saturated rings. The Morgan fingerprint density at radius 2 is 1.69 bits per heavy atom. The summed E-state index contributed by atoms with van der Waals surface area (Å²) in [5.41, 5.74) is 2.73. The fourth-order valence-electron chi connectivity index (χ4n) is 4.00. The number of hydrogen-bond donors (Lipinski definition) is 1. The maximum atomic E-state index is 12.5. The summed E-state index contributed by atoms with van der Waals surface area (Å²) in [6.45, 7) is 0.795. The molecule has 1 aliphatic carbocycles. The topological polar surface area (TPSA) is 92.5 Å². The molecule has 0 radical (unpaired) electrons. The van der Waals surface area contributed by atoms with Crippen LogP contribution in [0.25, 0.3) is 0 Å². The molecule has 1 aromatic heterocycles. The summed E-state index contributed by atoms with van der Waals surface area (Å²) < 4.78 is 1.69. The van der Waals surface area contributed by atoms with Crippen LogP contribution in [0.1, 0.15) is 51.2 Å². The van der Waals surface area contributed by atoms with Crippen LogP contribution in [-0.2, 0) is 19.4 Å². The number of aliphatic hydroxyl groups is 1. The highest BCUT2D eigenvalue weighted by Crippen LogP contribution is 2.29. The first-order chi connectivity index (χ1) is 14.1. The molecule has 0 spiro atoms. The summed E-state index contributed by atoms with van der Waals surface area (Å²) in [6.07, 6.45) is 4.33. The summed E-state index contributed by atoms with van der Waals surface area (Å²) in [4.78, 5) is 43.1. The second-order valence-corrected chi connectivity index (χ2v) is 8.30. The molecule has 2 heterocycles. The van der Waals surface area contributed by atoms with E-state index in [0.29, 0.717) is 34.9 Å². The summed E-state index contributed by atoms with van der Waals surface area (Å²) in [6, 6.07) is 6.86. The van der Waals surface area contributed by atoms with Gasteiger partial charge in [-0.2, -0.15) is 4.98 Å². The SMILES string of the molecule is O=C1c2ccccc2C(=O)N1CCSc1nc(=O)n(CCCO)c2c1CCCC2. The Balaban J connectivity index is 1.50. The number of aromatic nitrogens is 2. The second-order valence-electron chi connectivity index (χ2n) is 7.22. The molecule has 2 aromatic rings. The van der Waals surface area contributed by atoms with E-state index in [2.05, 4.69) is 4.98 Å². The van der Waals surface area contributed by atoms with Crippen molar-refractivity contribution in [2.45, 2.75) is 43.7 Å². The highest BCUT2D eigenvalue weighted by atomic mass is 32.2.